The van der Waals surface area contributed by atoms with Crippen molar-refractivity contribution in [2.24, 2.45) is 5.10 Å². The van der Waals surface area contributed by atoms with Gasteiger partial charge in [0.1, 0.15) is 0 Å². The lowest BCUT2D eigenvalue weighted by Gasteiger charge is -2.09. The molecule has 1 aromatic carbocycles. The van der Waals surface area contributed by atoms with Crippen molar-refractivity contribution in [3.63, 3.8) is 0 Å². The molecule has 0 bridgehead atoms. The fourth-order valence-electron chi connectivity index (χ4n) is 3.46. The van der Waals surface area contributed by atoms with Crippen LogP contribution in [0.4, 0.5) is 5.82 Å². The highest BCUT2D eigenvalue weighted by molar-refractivity contribution is 5.79. The zero-order valence-electron chi connectivity index (χ0n) is 17.8. The van der Waals surface area contributed by atoms with E-state index < -0.39 is 0 Å². The number of anilines is 1. The summed E-state index contributed by atoms with van der Waals surface area (Å²) >= 11 is 0. The van der Waals surface area contributed by atoms with Crippen molar-refractivity contribution in [3.05, 3.63) is 64.6 Å². The van der Waals surface area contributed by atoms with Crippen LogP contribution in [0.25, 0.3) is 5.95 Å². The van der Waals surface area contributed by atoms with Gasteiger partial charge in [-0.3, -0.25) is 5.43 Å². The number of aromatic nitrogens is 4. The molecule has 3 aromatic rings. The van der Waals surface area contributed by atoms with E-state index in [1.165, 1.54) is 17.0 Å². The summed E-state index contributed by atoms with van der Waals surface area (Å²) in [5, 5.41) is 9.22. The minimum Gasteiger partial charge on any atom is -0.261 e. The van der Waals surface area contributed by atoms with Crippen molar-refractivity contribution in [2.75, 3.05) is 5.43 Å². The lowest BCUT2D eigenvalue weighted by Crippen LogP contribution is -2.10. The summed E-state index contributed by atoms with van der Waals surface area (Å²) in [6, 6.07) is 11.9. The van der Waals surface area contributed by atoms with Crippen LogP contribution >= 0.6 is 0 Å². The molecule has 3 rings (SSSR count). The average Bonchev–Trinajstić information content (AvgIpc) is 3.06. The van der Waals surface area contributed by atoms with E-state index in [1.54, 1.807) is 6.21 Å². The molecule has 0 aliphatic rings. The van der Waals surface area contributed by atoms with Crippen LogP contribution in [0.5, 0.6) is 0 Å². The molecule has 0 aliphatic heterocycles. The number of benzene rings is 1. The first-order valence-electron chi connectivity index (χ1n) is 10.5. The van der Waals surface area contributed by atoms with Gasteiger partial charge in [-0.1, -0.05) is 63.9 Å². The molecule has 0 saturated heterocycles. The highest BCUT2D eigenvalue weighted by Gasteiger charge is 2.18. The van der Waals surface area contributed by atoms with Gasteiger partial charge in [0.05, 0.1) is 17.6 Å². The van der Waals surface area contributed by atoms with Crippen LogP contribution in [0.1, 0.15) is 61.8 Å². The third kappa shape index (κ3) is 5.08. The Kier molecular flexibility index (Phi) is 7.11. The fourth-order valence-corrected chi connectivity index (χ4v) is 3.46. The van der Waals surface area contributed by atoms with Crippen molar-refractivity contribution in [1.29, 1.82) is 0 Å². The Morgan fingerprint density at radius 3 is 2.48 bits per heavy atom. The smallest absolute Gasteiger partial charge is 0.253 e. The Hall–Kier alpha value is -3.02. The summed E-state index contributed by atoms with van der Waals surface area (Å²) in [6.45, 7) is 8.54. The number of aryl methyl sites for hydroxylation is 2. The highest BCUT2D eigenvalue weighted by Crippen LogP contribution is 2.22. The molecule has 0 aliphatic carbocycles. The van der Waals surface area contributed by atoms with Gasteiger partial charge in [0.15, 0.2) is 5.82 Å². The van der Waals surface area contributed by atoms with Gasteiger partial charge in [0.25, 0.3) is 5.95 Å². The van der Waals surface area contributed by atoms with Crippen LogP contribution in [-0.2, 0) is 19.3 Å². The summed E-state index contributed by atoms with van der Waals surface area (Å²) < 4.78 is 1.94. The quantitative estimate of drug-likeness (QED) is 0.417. The van der Waals surface area contributed by atoms with E-state index in [1.807, 2.05) is 48.0 Å². The molecule has 1 N–H and O–H groups in total. The first-order valence-corrected chi connectivity index (χ1v) is 10.5. The van der Waals surface area contributed by atoms with Crippen molar-refractivity contribution < 1.29 is 0 Å². The second-order valence-electron chi connectivity index (χ2n) is 7.11. The minimum absolute atomic E-state index is 0.600. The number of rotatable bonds is 9. The average molecular weight is 391 g/mol. The molecule has 29 heavy (non-hydrogen) atoms. The molecule has 2 heterocycles. The molecule has 2 aromatic heterocycles. The van der Waals surface area contributed by atoms with Gasteiger partial charge in [-0.25, -0.2) is 9.67 Å². The first kappa shape index (κ1) is 20.7. The van der Waals surface area contributed by atoms with Gasteiger partial charge in [-0.2, -0.15) is 15.2 Å². The second-order valence-corrected chi connectivity index (χ2v) is 7.11. The van der Waals surface area contributed by atoms with Crippen molar-refractivity contribution in [2.45, 2.75) is 59.8 Å². The van der Waals surface area contributed by atoms with E-state index in [2.05, 4.69) is 36.3 Å². The van der Waals surface area contributed by atoms with Crippen molar-refractivity contribution in [3.8, 4) is 5.95 Å². The van der Waals surface area contributed by atoms with E-state index in [0.29, 0.717) is 11.8 Å². The van der Waals surface area contributed by atoms with Gasteiger partial charge in [0.2, 0.25) is 0 Å². The van der Waals surface area contributed by atoms with Crippen molar-refractivity contribution >= 4 is 12.0 Å². The van der Waals surface area contributed by atoms with Gasteiger partial charge >= 0.3 is 0 Å². The monoisotopic (exact) mass is 390 g/mol. The van der Waals surface area contributed by atoms with Crippen molar-refractivity contribution in [1.82, 2.24) is 19.7 Å². The molecule has 0 unspecified atom stereocenters. The topological polar surface area (TPSA) is 68.0 Å². The van der Waals surface area contributed by atoms with Crippen LogP contribution in [-0.4, -0.2) is 26.0 Å². The molecular formula is C23H30N6. The van der Waals surface area contributed by atoms with E-state index in [4.69, 9.17) is 10.1 Å². The predicted octanol–water partition coefficient (Wildman–Crippen LogP) is 4.88. The second kappa shape index (κ2) is 9.96. The van der Waals surface area contributed by atoms with Gasteiger partial charge in [-0.15, -0.1) is 0 Å². The lowest BCUT2D eigenvalue weighted by molar-refractivity contribution is 0.716. The van der Waals surface area contributed by atoms with Crippen LogP contribution in [0.15, 0.2) is 41.5 Å². The molecule has 6 nitrogen and oxygen atoms in total. The molecule has 152 valence electrons. The zero-order valence-corrected chi connectivity index (χ0v) is 17.8. The summed E-state index contributed by atoms with van der Waals surface area (Å²) in [5.74, 6) is 1.26. The van der Waals surface area contributed by atoms with Crippen LogP contribution < -0.4 is 5.43 Å². The highest BCUT2D eigenvalue weighted by atomic mass is 15.4. The lowest BCUT2D eigenvalue weighted by atomic mass is 10.0. The minimum atomic E-state index is 0.600. The maximum absolute atomic E-state index is 4.90. The Labute approximate surface area is 173 Å². The summed E-state index contributed by atoms with van der Waals surface area (Å²) in [6.07, 6.45) is 6.83. The van der Waals surface area contributed by atoms with E-state index >= 15 is 0 Å². The number of hydrazone groups is 1. The van der Waals surface area contributed by atoms with E-state index in [-0.39, 0.29) is 0 Å². The third-order valence-electron chi connectivity index (χ3n) is 4.72. The number of hydrogen-bond donors (Lipinski definition) is 1. The van der Waals surface area contributed by atoms with E-state index in [9.17, 15) is 0 Å². The summed E-state index contributed by atoms with van der Waals surface area (Å²) in [4.78, 5) is 9.35. The first-order chi connectivity index (χ1) is 14.2. The Balaban J connectivity index is 1.94. The maximum atomic E-state index is 4.90. The molecule has 0 fully saturated rings. The number of hydrogen-bond acceptors (Lipinski definition) is 5. The van der Waals surface area contributed by atoms with Gasteiger partial charge in [-0.05, 0) is 37.3 Å². The third-order valence-corrected chi connectivity index (χ3v) is 4.72. The Morgan fingerprint density at radius 2 is 1.79 bits per heavy atom. The summed E-state index contributed by atoms with van der Waals surface area (Å²) in [7, 11) is 0. The normalized spacial score (nSPS) is 11.3. The molecule has 0 saturated carbocycles. The van der Waals surface area contributed by atoms with E-state index in [0.717, 1.165) is 43.4 Å². The summed E-state index contributed by atoms with van der Waals surface area (Å²) in [5.41, 5.74) is 8.67. The number of nitrogens with one attached hydrogen (secondary N) is 1. The van der Waals surface area contributed by atoms with Crippen LogP contribution in [0.3, 0.4) is 0 Å². The maximum Gasteiger partial charge on any atom is 0.253 e. The standard InChI is InChI=1S/C23H30N6/c1-5-11-20-19(7-3)21(12-6-2)29(28-20)23-25-17(4)15-22(26-23)27-24-16-18-13-9-8-10-14-18/h8-10,13-16H,5-7,11-12H2,1-4H3,(H,25,26,27)/b24-16+. The molecule has 0 spiro atoms. The molecular weight excluding hydrogens is 360 g/mol. The fraction of sp³-hybridized carbons (Fsp3) is 0.391. The molecule has 0 atom stereocenters. The predicted molar refractivity (Wildman–Crippen MR) is 119 cm³/mol. The van der Waals surface area contributed by atoms with Crippen LogP contribution in [0.2, 0.25) is 0 Å². The zero-order chi connectivity index (χ0) is 20.6. The largest absolute Gasteiger partial charge is 0.261 e. The van der Waals surface area contributed by atoms with Gasteiger partial charge in [0, 0.05) is 11.8 Å². The SMILES string of the molecule is CCCc1nn(-c2nc(C)cc(N/N=C/c3ccccc3)n2)c(CCC)c1CC. The number of nitrogens with zero attached hydrogens (tertiary/aromatic N) is 5. The Bertz CT molecular complexity index is 959. The molecule has 0 amide bonds. The molecule has 6 heteroatoms. The van der Waals surface area contributed by atoms with Gasteiger partial charge < -0.3 is 0 Å². The molecule has 0 radical (unpaired) electrons. The Morgan fingerprint density at radius 1 is 1.03 bits per heavy atom. The van der Waals surface area contributed by atoms with Crippen LogP contribution in [0, 0.1) is 6.92 Å².